The van der Waals surface area contributed by atoms with Crippen LogP contribution in [0.4, 0.5) is 0 Å². The molecule has 5 nitrogen and oxygen atoms in total. The fourth-order valence-electron chi connectivity index (χ4n) is 2.90. The highest BCUT2D eigenvalue weighted by Gasteiger charge is 2.58. The number of hydrogen-bond acceptors (Lipinski definition) is 4. The van der Waals surface area contributed by atoms with Gasteiger partial charge in [-0.2, -0.15) is 0 Å². The number of nitrogens with one attached hydrogen (secondary N) is 1. The van der Waals surface area contributed by atoms with E-state index in [1.54, 1.807) is 0 Å². The molecule has 2 atom stereocenters. The zero-order chi connectivity index (χ0) is 12.5. The molecule has 100 valence electrons. The van der Waals surface area contributed by atoms with Crippen LogP contribution in [-0.2, 0) is 14.3 Å². The van der Waals surface area contributed by atoms with Crippen LogP contribution in [0.3, 0.4) is 0 Å². The van der Waals surface area contributed by atoms with Gasteiger partial charge in [0, 0.05) is 13.2 Å². The van der Waals surface area contributed by atoms with E-state index in [-0.39, 0.29) is 23.7 Å². The van der Waals surface area contributed by atoms with E-state index in [0.29, 0.717) is 19.3 Å². The Morgan fingerprint density at radius 3 is 2.50 bits per heavy atom. The molecule has 18 heavy (non-hydrogen) atoms. The van der Waals surface area contributed by atoms with Crippen molar-refractivity contribution in [1.29, 1.82) is 0 Å². The van der Waals surface area contributed by atoms with E-state index in [1.165, 1.54) is 4.90 Å². The van der Waals surface area contributed by atoms with Crippen molar-refractivity contribution in [3.63, 3.8) is 0 Å². The van der Waals surface area contributed by atoms with E-state index < -0.39 is 0 Å². The Morgan fingerprint density at radius 2 is 1.83 bits per heavy atom. The highest BCUT2D eigenvalue weighted by atomic mass is 16.5. The molecule has 0 bridgehead atoms. The molecule has 1 saturated carbocycles. The third kappa shape index (κ3) is 2.29. The second-order valence-corrected chi connectivity index (χ2v) is 5.45. The molecule has 2 amide bonds. The molecule has 0 radical (unpaired) electrons. The highest BCUT2D eigenvalue weighted by molar-refractivity contribution is 6.08. The monoisotopic (exact) mass is 252 g/mol. The lowest BCUT2D eigenvalue weighted by Crippen LogP contribution is -2.35. The van der Waals surface area contributed by atoms with Crippen LogP contribution >= 0.6 is 0 Å². The Morgan fingerprint density at radius 1 is 1.17 bits per heavy atom. The van der Waals surface area contributed by atoms with Crippen molar-refractivity contribution < 1.29 is 14.3 Å². The molecular weight excluding hydrogens is 232 g/mol. The molecule has 0 aromatic rings. The fraction of sp³-hybridized carbons (Fsp3) is 0.846. The number of imide groups is 1. The van der Waals surface area contributed by atoms with E-state index in [2.05, 4.69) is 5.32 Å². The number of rotatable bonds is 5. The number of fused-ring (bicyclic) bond motifs is 1. The lowest BCUT2D eigenvalue weighted by Gasteiger charge is -2.23. The molecule has 1 aliphatic carbocycles. The third-order valence-electron chi connectivity index (χ3n) is 4.12. The first-order valence-electron chi connectivity index (χ1n) is 6.95. The fourth-order valence-corrected chi connectivity index (χ4v) is 2.90. The Hall–Kier alpha value is -0.940. The summed E-state index contributed by atoms with van der Waals surface area (Å²) in [5, 5.41) is 3.29. The van der Waals surface area contributed by atoms with Gasteiger partial charge in [-0.3, -0.25) is 14.5 Å². The molecule has 0 spiro atoms. The smallest absolute Gasteiger partial charge is 0.233 e. The minimum Gasteiger partial charge on any atom is -0.378 e. The summed E-state index contributed by atoms with van der Waals surface area (Å²) in [7, 11) is 0. The van der Waals surface area contributed by atoms with Gasteiger partial charge in [-0.05, 0) is 38.8 Å². The van der Waals surface area contributed by atoms with Crippen LogP contribution in [0, 0.1) is 11.8 Å². The first kappa shape index (κ1) is 12.1. The van der Waals surface area contributed by atoms with E-state index in [0.717, 1.165) is 38.8 Å². The molecule has 2 unspecified atom stereocenters. The van der Waals surface area contributed by atoms with Gasteiger partial charge in [-0.25, -0.2) is 0 Å². The standard InChI is InChI=1S/C13H20N2O3/c16-12-10-8-11(10)13(17)15(12)6-1-7-18-9-2-4-14-5-3-9/h9-11,14H,1-8H2. The number of ether oxygens (including phenoxy) is 1. The van der Waals surface area contributed by atoms with Crippen molar-refractivity contribution in [2.75, 3.05) is 26.2 Å². The predicted molar refractivity (Wildman–Crippen MR) is 64.8 cm³/mol. The summed E-state index contributed by atoms with van der Waals surface area (Å²) in [6.07, 6.45) is 4.03. The van der Waals surface area contributed by atoms with Gasteiger partial charge in [0.1, 0.15) is 0 Å². The maximum absolute atomic E-state index is 11.7. The number of nitrogens with zero attached hydrogens (tertiary/aromatic N) is 1. The first-order chi connectivity index (χ1) is 8.77. The molecule has 2 saturated heterocycles. The Kier molecular flexibility index (Phi) is 3.35. The summed E-state index contributed by atoms with van der Waals surface area (Å²) in [6.45, 7) is 3.24. The molecule has 5 heteroatoms. The van der Waals surface area contributed by atoms with E-state index in [1.807, 2.05) is 0 Å². The summed E-state index contributed by atoms with van der Waals surface area (Å²) in [5.41, 5.74) is 0. The van der Waals surface area contributed by atoms with Crippen molar-refractivity contribution in [3.05, 3.63) is 0 Å². The number of piperidine rings is 2. The van der Waals surface area contributed by atoms with Crippen LogP contribution in [0.1, 0.15) is 25.7 Å². The zero-order valence-electron chi connectivity index (χ0n) is 10.6. The van der Waals surface area contributed by atoms with Gasteiger partial charge in [0.2, 0.25) is 11.8 Å². The lowest BCUT2D eigenvalue weighted by atomic mass is 10.1. The van der Waals surface area contributed by atoms with Crippen molar-refractivity contribution >= 4 is 11.8 Å². The van der Waals surface area contributed by atoms with Gasteiger partial charge in [-0.1, -0.05) is 0 Å². The molecule has 0 aromatic heterocycles. The number of amides is 2. The molecule has 3 rings (SSSR count). The van der Waals surface area contributed by atoms with Crippen LogP contribution in [-0.4, -0.2) is 49.1 Å². The molecule has 1 N–H and O–H groups in total. The largest absolute Gasteiger partial charge is 0.378 e. The minimum absolute atomic E-state index is 0.0304. The van der Waals surface area contributed by atoms with E-state index in [4.69, 9.17) is 4.74 Å². The van der Waals surface area contributed by atoms with Crippen LogP contribution < -0.4 is 5.32 Å². The van der Waals surface area contributed by atoms with Crippen LogP contribution in [0.25, 0.3) is 0 Å². The Balaban J connectivity index is 1.35. The summed E-state index contributed by atoms with van der Waals surface area (Å²) in [4.78, 5) is 24.9. The van der Waals surface area contributed by atoms with Crippen LogP contribution in [0.5, 0.6) is 0 Å². The maximum Gasteiger partial charge on any atom is 0.233 e. The Bertz CT molecular complexity index is 332. The van der Waals surface area contributed by atoms with Crippen molar-refractivity contribution in [3.8, 4) is 0 Å². The number of likely N-dealkylation sites (tertiary alicyclic amines) is 1. The average molecular weight is 252 g/mol. The van der Waals surface area contributed by atoms with Gasteiger partial charge < -0.3 is 10.1 Å². The second kappa shape index (κ2) is 4.97. The van der Waals surface area contributed by atoms with Crippen LogP contribution in [0.2, 0.25) is 0 Å². The lowest BCUT2D eigenvalue weighted by molar-refractivity contribution is -0.141. The number of hydrogen-bond donors (Lipinski definition) is 1. The average Bonchev–Trinajstić information content (AvgIpc) is 3.14. The summed E-state index contributed by atoms with van der Waals surface area (Å²) in [5.74, 6) is 0.157. The molecule has 2 heterocycles. The molecule has 3 aliphatic rings. The summed E-state index contributed by atoms with van der Waals surface area (Å²) < 4.78 is 5.76. The summed E-state index contributed by atoms with van der Waals surface area (Å²) in [6, 6.07) is 0. The highest BCUT2D eigenvalue weighted by Crippen LogP contribution is 2.46. The predicted octanol–water partition coefficient (Wildman–Crippen LogP) is 0.150. The quantitative estimate of drug-likeness (QED) is 0.559. The second-order valence-electron chi connectivity index (χ2n) is 5.45. The topological polar surface area (TPSA) is 58.6 Å². The first-order valence-corrected chi connectivity index (χ1v) is 6.95. The van der Waals surface area contributed by atoms with Gasteiger partial charge in [0.25, 0.3) is 0 Å². The van der Waals surface area contributed by atoms with Crippen molar-refractivity contribution in [2.45, 2.75) is 31.8 Å². The van der Waals surface area contributed by atoms with Crippen molar-refractivity contribution in [1.82, 2.24) is 10.2 Å². The molecular formula is C13H20N2O3. The maximum atomic E-state index is 11.7. The molecule has 3 fully saturated rings. The minimum atomic E-state index is 0.0304. The third-order valence-corrected chi connectivity index (χ3v) is 4.12. The molecule has 2 aliphatic heterocycles. The van der Waals surface area contributed by atoms with E-state index >= 15 is 0 Å². The summed E-state index contributed by atoms with van der Waals surface area (Å²) >= 11 is 0. The normalized spacial score (nSPS) is 31.9. The number of carbonyl (C=O) groups excluding carboxylic acids is 2. The van der Waals surface area contributed by atoms with Gasteiger partial charge in [0.15, 0.2) is 0 Å². The number of carbonyl (C=O) groups is 2. The molecule has 0 aromatic carbocycles. The zero-order valence-corrected chi connectivity index (χ0v) is 10.6. The van der Waals surface area contributed by atoms with Gasteiger partial charge >= 0.3 is 0 Å². The van der Waals surface area contributed by atoms with Crippen molar-refractivity contribution in [2.24, 2.45) is 11.8 Å². The Labute approximate surface area is 107 Å². The van der Waals surface area contributed by atoms with Crippen LogP contribution in [0.15, 0.2) is 0 Å². The SMILES string of the molecule is O=C1C2CC2C(=O)N1CCCOC1CCNCC1. The van der Waals surface area contributed by atoms with Gasteiger partial charge in [0.05, 0.1) is 17.9 Å². The van der Waals surface area contributed by atoms with Gasteiger partial charge in [-0.15, -0.1) is 0 Å². The van der Waals surface area contributed by atoms with E-state index in [9.17, 15) is 9.59 Å².